The Morgan fingerprint density at radius 1 is 0.818 bits per heavy atom. The first-order valence-electron chi connectivity index (χ1n) is 17.8. The number of aliphatic carboxylic acids is 1. The largest absolute Gasteiger partial charge is 0.481 e. The van der Waals surface area contributed by atoms with Crippen LogP contribution < -0.4 is 43.4 Å². The van der Waals surface area contributed by atoms with Gasteiger partial charge < -0.3 is 68.5 Å². The van der Waals surface area contributed by atoms with Crippen LogP contribution in [0.4, 0.5) is 0 Å². The first kappa shape index (κ1) is 44.0. The number of nitrogens with zero attached hydrogens (tertiary/aromatic N) is 1. The van der Waals surface area contributed by atoms with Gasteiger partial charge in [0.15, 0.2) is 5.96 Å². The second-order valence-corrected chi connectivity index (χ2v) is 13.3. The molecule has 0 unspecified atom stereocenters. The first-order chi connectivity index (χ1) is 26.1. The monoisotopic (exact) mass is 777 g/mol. The fourth-order valence-electron chi connectivity index (χ4n) is 6.21. The van der Waals surface area contributed by atoms with Crippen molar-refractivity contribution in [3.63, 3.8) is 0 Å². The molecule has 1 aromatic carbocycles. The summed E-state index contributed by atoms with van der Waals surface area (Å²) in [5.74, 6) is -6.58. The fourth-order valence-corrected chi connectivity index (χ4v) is 6.21. The van der Waals surface area contributed by atoms with Crippen molar-refractivity contribution >= 4 is 47.4 Å². The quantitative estimate of drug-likeness (QED) is 0.0478. The molecular weight excluding hydrogens is 726 g/mol. The molecule has 0 spiro atoms. The van der Waals surface area contributed by atoms with Gasteiger partial charge in [0.25, 0.3) is 0 Å². The molecule has 2 aliphatic rings. The van der Waals surface area contributed by atoms with E-state index in [9.17, 15) is 54.0 Å². The van der Waals surface area contributed by atoms with Gasteiger partial charge in [-0.2, -0.15) is 0 Å². The van der Waals surface area contributed by atoms with Gasteiger partial charge in [-0.25, -0.2) is 0 Å². The fraction of sp³-hybridized carbons (Fsp3) is 0.588. The van der Waals surface area contributed by atoms with Gasteiger partial charge in [0.05, 0.1) is 31.7 Å². The third-order valence-electron chi connectivity index (χ3n) is 8.96. The number of nitrogens with two attached hydrogens (primary N) is 2. The SMILES string of the molecule is CC(=O)N[C@@H]1[C@@H](O)[C@H](O)[C@@H](CO)O[C@H]1CCC[C@@H]1NC(=O)[C@@H](Cc2ccccc2)NC(=O)[C@H](CC(=O)O)NC(=O)CNC(=O)[C@H](CCCN=C(N)N)NC1=O. The van der Waals surface area contributed by atoms with E-state index in [0.29, 0.717) is 5.56 Å². The maximum absolute atomic E-state index is 14.0. The zero-order valence-corrected chi connectivity index (χ0v) is 30.3. The van der Waals surface area contributed by atoms with Crippen LogP contribution in [0.1, 0.15) is 51.0 Å². The van der Waals surface area contributed by atoms with E-state index >= 15 is 0 Å². The summed E-state index contributed by atoms with van der Waals surface area (Å²) in [6, 6.07) is 1.72. The number of nitrogens with one attached hydrogen (secondary N) is 6. The van der Waals surface area contributed by atoms with Gasteiger partial charge in [0.2, 0.25) is 35.4 Å². The van der Waals surface area contributed by atoms with E-state index in [2.05, 4.69) is 36.9 Å². The molecule has 0 aliphatic carbocycles. The van der Waals surface area contributed by atoms with Gasteiger partial charge >= 0.3 is 5.97 Å². The number of rotatable bonds is 14. The van der Waals surface area contributed by atoms with E-state index in [0.717, 1.165) is 0 Å². The zero-order chi connectivity index (χ0) is 40.7. The van der Waals surface area contributed by atoms with E-state index in [-0.39, 0.29) is 51.0 Å². The standard InChI is InChI=1S/C34H51N9O12/c1-17(45)39-27-23(55-24(16-44)28(49)29(27)50)11-5-9-20-31(52)41-19(10-6-12-37-34(35)36)30(51)38-15-25(46)40-22(14-26(47)48)33(54)43-21(32(53)42-20)13-18-7-3-2-4-8-18/h2-4,7-8,19-24,27-29,44,49-50H,5-6,9-16H2,1H3,(H,38,51)(H,39,45)(H,40,46)(H,41,52)(H,42,53)(H,43,54)(H,47,48)(H4,35,36,37)/t19-,20-,21+,22-,23-,24+,27-,28+,29+/m0/s1. The van der Waals surface area contributed by atoms with Crippen LogP contribution in [0.2, 0.25) is 0 Å². The predicted octanol–water partition coefficient (Wildman–Crippen LogP) is -5.02. The van der Waals surface area contributed by atoms with Crippen LogP contribution in [0.5, 0.6) is 0 Å². The molecule has 2 fully saturated rings. The van der Waals surface area contributed by atoms with Crippen molar-refractivity contribution in [3.05, 3.63) is 35.9 Å². The highest BCUT2D eigenvalue weighted by atomic mass is 16.5. The number of carboxylic acids is 1. The first-order valence-corrected chi connectivity index (χ1v) is 17.8. The van der Waals surface area contributed by atoms with Gasteiger partial charge in [-0.1, -0.05) is 30.3 Å². The molecule has 0 aromatic heterocycles. The molecule has 2 saturated heterocycles. The van der Waals surface area contributed by atoms with Crippen molar-refractivity contribution in [1.82, 2.24) is 31.9 Å². The highest BCUT2D eigenvalue weighted by molar-refractivity contribution is 5.98. The molecular formula is C34H51N9O12. The van der Waals surface area contributed by atoms with Crippen molar-refractivity contribution < 1.29 is 58.7 Å². The van der Waals surface area contributed by atoms with E-state index < -0.39 is 116 Å². The zero-order valence-electron chi connectivity index (χ0n) is 30.3. The van der Waals surface area contributed by atoms with Gasteiger partial charge in [-0.15, -0.1) is 0 Å². The Labute approximate surface area is 316 Å². The van der Waals surface area contributed by atoms with Gasteiger partial charge in [0.1, 0.15) is 42.5 Å². The predicted molar refractivity (Wildman–Crippen MR) is 192 cm³/mol. The Morgan fingerprint density at radius 2 is 1.42 bits per heavy atom. The van der Waals surface area contributed by atoms with Crippen molar-refractivity contribution in [3.8, 4) is 0 Å². The average Bonchev–Trinajstić information content (AvgIpc) is 3.13. The van der Waals surface area contributed by atoms with Crippen molar-refractivity contribution in [2.75, 3.05) is 19.7 Å². The number of benzene rings is 1. The Morgan fingerprint density at radius 3 is 2.04 bits per heavy atom. The number of guanidine groups is 1. The summed E-state index contributed by atoms with van der Waals surface area (Å²) in [4.78, 5) is 94.9. The number of carbonyl (C=O) groups is 7. The van der Waals surface area contributed by atoms with Gasteiger partial charge in [0, 0.05) is 19.9 Å². The molecule has 0 bridgehead atoms. The highest BCUT2D eigenvalue weighted by Crippen LogP contribution is 2.25. The summed E-state index contributed by atoms with van der Waals surface area (Å²) in [5.41, 5.74) is 11.4. The van der Waals surface area contributed by atoms with Crippen LogP contribution in [0, 0.1) is 0 Å². The lowest BCUT2D eigenvalue weighted by atomic mass is 9.89. The second kappa shape index (κ2) is 21.5. The number of hydrogen-bond acceptors (Lipinski definition) is 12. The lowest BCUT2D eigenvalue weighted by Crippen LogP contribution is -2.64. The molecule has 21 nitrogen and oxygen atoms in total. The molecule has 2 heterocycles. The van der Waals surface area contributed by atoms with Gasteiger partial charge in [-0.05, 0) is 37.7 Å². The Kier molecular flexibility index (Phi) is 17.2. The lowest BCUT2D eigenvalue weighted by Gasteiger charge is -2.42. The topological polar surface area (TPSA) is 346 Å². The molecule has 6 amide bonds. The second-order valence-electron chi connectivity index (χ2n) is 13.3. The summed E-state index contributed by atoms with van der Waals surface area (Å²) in [6.07, 6.45) is -5.94. The normalized spacial score (nSPS) is 28.1. The van der Waals surface area contributed by atoms with Crippen molar-refractivity contribution in [2.45, 2.75) is 106 Å². The number of carboxylic acid groups (broad SMARTS) is 1. The molecule has 0 saturated carbocycles. The molecule has 304 valence electrons. The summed E-state index contributed by atoms with van der Waals surface area (Å²) >= 11 is 0. The molecule has 3 rings (SSSR count). The van der Waals surface area contributed by atoms with Crippen LogP contribution in [0.15, 0.2) is 35.3 Å². The summed E-state index contributed by atoms with van der Waals surface area (Å²) in [6.45, 7) is -0.0444. The van der Waals surface area contributed by atoms with Crippen molar-refractivity contribution in [1.29, 1.82) is 0 Å². The maximum atomic E-state index is 14.0. The summed E-state index contributed by atoms with van der Waals surface area (Å²) in [7, 11) is 0. The maximum Gasteiger partial charge on any atom is 0.305 e. The van der Waals surface area contributed by atoms with Crippen LogP contribution in [0.3, 0.4) is 0 Å². The Balaban J connectivity index is 1.97. The third kappa shape index (κ3) is 14.1. The number of aliphatic hydroxyl groups is 3. The van der Waals surface area contributed by atoms with E-state index in [1.807, 2.05) is 0 Å². The molecule has 21 heteroatoms. The van der Waals surface area contributed by atoms with E-state index in [1.165, 1.54) is 6.92 Å². The van der Waals surface area contributed by atoms with Crippen LogP contribution in [-0.2, 0) is 44.7 Å². The molecule has 1 aromatic rings. The minimum Gasteiger partial charge on any atom is -0.481 e. The number of hydrogen-bond donors (Lipinski definition) is 12. The molecule has 9 atom stereocenters. The van der Waals surface area contributed by atoms with Crippen LogP contribution >= 0.6 is 0 Å². The lowest BCUT2D eigenvalue weighted by molar-refractivity contribution is -0.196. The summed E-state index contributed by atoms with van der Waals surface area (Å²) in [5, 5.41) is 55.2. The van der Waals surface area contributed by atoms with Crippen LogP contribution in [0.25, 0.3) is 0 Å². The molecule has 0 radical (unpaired) electrons. The van der Waals surface area contributed by atoms with Crippen LogP contribution in [-0.4, -0.2) is 142 Å². The minimum absolute atomic E-state index is 0.0218. The summed E-state index contributed by atoms with van der Waals surface area (Å²) < 4.78 is 5.80. The Hall–Kier alpha value is -5.38. The minimum atomic E-state index is -1.65. The van der Waals surface area contributed by atoms with E-state index in [4.69, 9.17) is 16.2 Å². The van der Waals surface area contributed by atoms with Gasteiger partial charge in [-0.3, -0.25) is 38.6 Å². The highest BCUT2D eigenvalue weighted by Gasteiger charge is 2.44. The smallest absolute Gasteiger partial charge is 0.305 e. The number of aliphatic imine (C=N–C) groups is 1. The van der Waals surface area contributed by atoms with Crippen molar-refractivity contribution in [2.24, 2.45) is 16.5 Å². The van der Waals surface area contributed by atoms with E-state index in [1.54, 1.807) is 30.3 Å². The number of aliphatic hydroxyl groups excluding tert-OH is 3. The molecule has 55 heavy (non-hydrogen) atoms. The Bertz CT molecular complexity index is 1540. The number of amides is 6. The number of carbonyl (C=O) groups excluding carboxylic acids is 6. The molecule has 14 N–H and O–H groups in total. The molecule has 2 aliphatic heterocycles. The average molecular weight is 778 g/mol. The third-order valence-corrected chi connectivity index (χ3v) is 8.96. The number of ether oxygens (including phenoxy) is 1.